The molecule has 0 aliphatic carbocycles. The summed E-state index contributed by atoms with van der Waals surface area (Å²) in [7, 11) is -9.90. The Morgan fingerprint density at radius 1 is 0.913 bits per heavy atom. The molecule has 1 aliphatic rings. The lowest BCUT2D eigenvalue weighted by molar-refractivity contribution is 0.0958. The van der Waals surface area contributed by atoms with Gasteiger partial charge in [0, 0.05) is 5.02 Å². The van der Waals surface area contributed by atoms with Crippen LogP contribution in [0.1, 0.15) is 11.7 Å². The third-order valence-corrected chi connectivity index (χ3v) is 9.15. The Morgan fingerprint density at radius 3 is 1.78 bits per heavy atom. The molecule has 5 nitrogen and oxygen atoms in total. The van der Waals surface area contributed by atoms with Crippen LogP contribution in [0.15, 0.2) is 58.3 Å². The Kier molecular flexibility index (Phi) is 3.57. The number of hydrogen-bond acceptors (Lipinski definition) is 5. The minimum atomic E-state index is -4.95. The molecular formula is C14H10ClFO5S2. The van der Waals surface area contributed by atoms with Crippen LogP contribution < -0.4 is 0 Å². The van der Waals surface area contributed by atoms with Crippen LogP contribution in [0, 0.1) is 0 Å². The Morgan fingerprint density at radius 2 is 1.35 bits per heavy atom. The molecule has 0 bridgehead atoms. The average Bonchev–Trinajstić information content (AvgIpc) is 2.65. The Hall–Kier alpha value is -1.48. The van der Waals surface area contributed by atoms with Gasteiger partial charge in [0.25, 0.3) is 0 Å². The first-order valence-electron chi connectivity index (χ1n) is 6.35. The lowest BCUT2D eigenvalue weighted by Gasteiger charge is -2.24. The smallest absolute Gasteiger partial charge is 0.346 e. The summed E-state index contributed by atoms with van der Waals surface area (Å²) in [6.45, 7) is 0. The highest BCUT2D eigenvalue weighted by molar-refractivity contribution is 8.12. The molecular weight excluding hydrogens is 367 g/mol. The van der Waals surface area contributed by atoms with Crippen molar-refractivity contribution < 1.29 is 26.3 Å². The first-order chi connectivity index (χ1) is 10.6. The molecule has 122 valence electrons. The van der Waals surface area contributed by atoms with Crippen LogP contribution in [0.3, 0.4) is 0 Å². The number of fused-ring (bicyclic) bond motifs is 1. The lowest BCUT2D eigenvalue weighted by atomic mass is 10.1. The number of rotatable bonds is 2. The molecule has 0 saturated heterocycles. The molecule has 3 rings (SSSR count). The molecule has 1 heterocycles. The van der Waals surface area contributed by atoms with Gasteiger partial charge >= 0.3 is 4.33 Å². The van der Waals surface area contributed by atoms with Crippen LogP contribution in [0.2, 0.25) is 5.02 Å². The normalized spacial score (nSPS) is 21.5. The van der Waals surface area contributed by atoms with Gasteiger partial charge in [-0.1, -0.05) is 35.9 Å². The molecule has 0 aromatic heterocycles. The van der Waals surface area contributed by atoms with Crippen molar-refractivity contribution in [3.63, 3.8) is 0 Å². The molecule has 1 aliphatic heterocycles. The van der Waals surface area contributed by atoms with E-state index < -0.39 is 39.9 Å². The number of halogens is 2. The predicted octanol–water partition coefficient (Wildman–Crippen LogP) is 2.26. The SMILES string of the molecule is O=S1(=O)c2ccccc2S(=O)(=O)C1(F)C(O)c1ccc(Cl)cc1. The number of sulfone groups is 2. The van der Waals surface area contributed by atoms with E-state index in [4.69, 9.17) is 11.6 Å². The second-order valence-corrected chi connectivity index (χ2v) is 9.77. The van der Waals surface area contributed by atoms with E-state index in [1.165, 1.54) is 36.4 Å². The summed E-state index contributed by atoms with van der Waals surface area (Å²) >= 11 is 5.68. The van der Waals surface area contributed by atoms with Gasteiger partial charge in [0.2, 0.25) is 19.7 Å². The predicted molar refractivity (Wildman–Crippen MR) is 81.1 cm³/mol. The molecule has 1 unspecified atom stereocenters. The van der Waals surface area contributed by atoms with E-state index in [0.717, 1.165) is 12.1 Å². The molecule has 1 atom stereocenters. The maximum atomic E-state index is 15.4. The van der Waals surface area contributed by atoms with Crippen molar-refractivity contribution in [2.24, 2.45) is 0 Å². The van der Waals surface area contributed by atoms with Gasteiger partial charge in [-0.2, -0.15) is 0 Å². The molecule has 0 spiro atoms. The number of hydrogen-bond donors (Lipinski definition) is 1. The van der Waals surface area contributed by atoms with Gasteiger partial charge in [-0.3, -0.25) is 0 Å². The fourth-order valence-electron chi connectivity index (χ4n) is 2.48. The van der Waals surface area contributed by atoms with E-state index in [1.54, 1.807) is 0 Å². The molecule has 2 aromatic carbocycles. The van der Waals surface area contributed by atoms with Crippen LogP contribution in [0.4, 0.5) is 4.39 Å². The number of aliphatic hydroxyl groups is 1. The molecule has 9 heteroatoms. The Labute approximate surface area is 137 Å². The first kappa shape index (κ1) is 16.4. The van der Waals surface area contributed by atoms with E-state index in [9.17, 15) is 21.9 Å². The van der Waals surface area contributed by atoms with Gasteiger partial charge in [0.1, 0.15) is 6.10 Å². The van der Waals surface area contributed by atoms with Crippen LogP contribution in [-0.4, -0.2) is 26.3 Å². The summed E-state index contributed by atoms with van der Waals surface area (Å²) in [4.78, 5) is -1.31. The largest absolute Gasteiger partial charge is 0.383 e. The van der Waals surface area contributed by atoms with Gasteiger partial charge in [0.05, 0.1) is 9.79 Å². The summed E-state index contributed by atoms with van der Waals surface area (Å²) in [6, 6.07) is 9.50. The minimum Gasteiger partial charge on any atom is -0.383 e. The summed E-state index contributed by atoms with van der Waals surface area (Å²) in [5, 5.41) is 10.5. The lowest BCUT2D eigenvalue weighted by Crippen LogP contribution is -2.42. The van der Waals surface area contributed by atoms with Crippen molar-refractivity contribution in [1.82, 2.24) is 0 Å². The maximum absolute atomic E-state index is 15.4. The fraction of sp³-hybridized carbons (Fsp3) is 0.143. The topological polar surface area (TPSA) is 88.5 Å². The summed E-state index contributed by atoms with van der Waals surface area (Å²) < 4.78 is 61.3. The van der Waals surface area contributed by atoms with E-state index in [0.29, 0.717) is 0 Å². The van der Waals surface area contributed by atoms with Gasteiger partial charge < -0.3 is 5.11 Å². The van der Waals surface area contributed by atoms with E-state index in [-0.39, 0.29) is 10.6 Å². The Bertz CT molecular complexity index is 931. The molecule has 23 heavy (non-hydrogen) atoms. The average molecular weight is 377 g/mol. The number of aliphatic hydroxyl groups excluding tert-OH is 1. The summed E-state index contributed by atoms with van der Waals surface area (Å²) in [6.07, 6.45) is -2.41. The van der Waals surface area contributed by atoms with Crippen LogP contribution in [-0.2, 0) is 19.7 Å². The third kappa shape index (κ3) is 1.99. The van der Waals surface area contributed by atoms with E-state index in [2.05, 4.69) is 0 Å². The van der Waals surface area contributed by atoms with Gasteiger partial charge in [-0.15, -0.1) is 0 Å². The monoisotopic (exact) mass is 376 g/mol. The minimum absolute atomic E-state index is 0.211. The van der Waals surface area contributed by atoms with E-state index in [1.807, 2.05) is 0 Å². The molecule has 0 amide bonds. The highest BCUT2D eigenvalue weighted by atomic mass is 35.5. The molecule has 2 aromatic rings. The van der Waals surface area contributed by atoms with Crippen LogP contribution >= 0.6 is 11.6 Å². The molecule has 1 N–H and O–H groups in total. The summed E-state index contributed by atoms with van der Waals surface area (Å²) in [5.74, 6) is 0. The second-order valence-electron chi connectivity index (χ2n) is 4.99. The van der Waals surface area contributed by atoms with Crippen molar-refractivity contribution in [3.05, 3.63) is 59.1 Å². The zero-order chi connectivity index (χ0) is 17.0. The van der Waals surface area contributed by atoms with Crippen LogP contribution in [0.5, 0.6) is 0 Å². The van der Waals surface area contributed by atoms with E-state index >= 15 is 4.39 Å². The van der Waals surface area contributed by atoms with Crippen LogP contribution in [0.25, 0.3) is 0 Å². The number of benzene rings is 2. The zero-order valence-corrected chi connectivity index (χ0v) is 13.7. The zero-order valence-electron chi connectivity index (χ0n) is 11.3. The van der Waals surface area contributed by atoms with Crippen molar-refractivity contribution in [2.45, 2.75) is 20.2 Å². The van der Waals surface area contributed by atoms with Gasteiger partial charge in [0.15, 0.2) is 0 Å². The Balaban J connectivity index is 2.28. The number of alkyl halides is 1. The van der Waals surface area contributed by atoms with Crippen molar-refractivity contribution >= 4 is 31.3 Å². The maximum Gasteiger partial charge on any atom is 0.346 e. The first-order valence-corrected chi connectivity index (χ1v) is 9.69. The van der Waals surface area contributed by atoms with Crippen molar-refractivity contribution in [2.75, 3.05) is 0 Å². The second kappa shape index (κ2) is 5.01. The van der Waals surface area contributed by atoms with Gasteiger partial charge in [-0.05, 0) is 29.8 Å². The fourth-order valence-corrected chi connectivity index (χ4v) is 7.60. The highest BCUT2D eigenvalue weighted by Gasteiger charge is 2.68. The van der Waals surface area contributed by atoms with Crippen molar-refractivity contribution in [1.29, 1.82) is 0 Å². The molecule has 0 fully saturated rings. The standard InChI is InChI=1S/C14H10ClFO5S2/c15-10-7-5-9(6-8-10)13(17)14(16)22(18,19)11-3-1-2-4-12(11)23(14,20)21/h1-8,13,17H. The highest BCUT2D eigenvalue weighted by Crippen LogP contribution is 2.52. The third-order valence-electron chi connectivity index (χ3n) is 3.67. The molecule has 0 saturated carbocycles. The quantitative estimate of drug-likeness (QED) is 0.868. The van der Waals surface area contributed by atoms with Crippen molar-refractivity contribution in [3.8, 4) is 0 Å². The molecule has 0 radical (unpaired) electrons. The van der Waals surface area contributed by atoms with Gasteiger partial charge in [-0.25, -0.2) is 21.2 Å². The summed E-state index contributed by atoms with van der Waals surface area (Å²) in [5.41, 5.74) is -0.211.